The number of fused-ring (bicyclic) bond motifs is 1. The number of carboxylic acid groups (broad SMARTS) is 1. The lowest BCUT2D eigenvalue weighted by atomic mass is 10.2. The summed E-state index contributed by atoms with van der Waals surface area (Å²) in [7, 11) is 8.50. The summed E-state index contributed by atoms with van der Waals surface area (Å²) < 4.78 is 1.00. The fourth-order valence-electron chi connectivity index (χ4n) is 1.18. The van der Waals surface area contributed by atoms with Gasteiger partial charge in [0.25, 0.3) is 0 Å². The highest BCUT2D eigenvalue weighted by Crippen LogP contribution is 2.10. The van der Waals surface area contributed by atoms with Crippen LogP contribution in [0.4, 0.5) is 0 Å². The maximum atomic E-state index is 10.5. The van der Waals surface area contributed by atoms with Crippen LogP contribution < -0.4 is 5.11 Å². The third-order valence-electron chi connectivity index (χ3n) is 1.81. The topological polar surface area (TPSA) is 53.0 Å². The Morgan fingerprint density at radius 1 is 1.06 bits per heavy atom. The third-order valence-corrected chi connectivity index (χ3v) is 1.81. The van der Waals surface area contributed by atoms with E-state index in [2.05, 4.69) is 33.2 Å². The molecule has 0 unspecified atom stereocenters. The summed E-state index contributed by atoms with van der Waals surface area (Å²) in [6.07, 6.45) is 0. The summed E-state index contributed by atoms with van der Waals surface area (Å²) in [4.78, 5) is 14.4. The number of hydrogen-bond acceptors (Lipinski definition) is 3. The molecule has 1 aromatic heterocycles. The van der Waals surface area contributed by atoms with Gasteiger partial charge in [0, 0.05) is 5.39 Å². The molecule has 0 aliphatic rings. The molecule has 2 rings (SSSR count). The Balaban J connectivity index is 0.000000280. The van der Waals surface area contributed by atoms with Gasteiger partial charge < -0.3 is 14.4 Å². The van der Waals surface area contributed by atoms with Gasteiger partial charge in [0.2, 0.25) is 0 Å². The predicted octanol–water partition coefficient (Wildman–Crippen LogP) is 0.921. The van der Waals surface area contributed by atoms with Crippen LogP contribution in [0.15, 0.2) is 36.4 Å². The molecule has 18 heavy (non-hydrogen) atoms. The van der Waals surface area contributed by atoms with E-state index in [0.717, 1.165) is 9.87 Å². The number of carboxylic acids is 1. The van der Waals surface area contributed by atoms with Crippen molar-refractivity contribution < 1.29 is 14.4 Å². The van der Waals surface area contributed by atoms with E-state index in [-0.39, 0.29) is 5.69 Å². The number of rotatable bonds is 1. The zero-order chi connectivity index (χ0) is 13.8. The number of quaternary nitrogens is 1. The molecule has 0 N–H and O–H groups in total. The Hall–Kier alpha value is -1.94. The van der Waals surface area contributed by atoms with Crippen LogP contribution in [0.25, 0.3) is 10.9 Å². The Bertz CT molecular complexity index is 539. The molecule has 4 heteroatoms. The van der Waals surface area contributed by atoms with Gasteiger partial charge in [-0.1, -0.05) is 24.3 Å². The minimum atomic E-state index is -1.24. The zero-order valence-electron chi connectivity index (χ0n) is 11.2. The van der Waals surface area contributed by atoms with Crippen molar-refractivity contribution in [1.82, 2.24) is 4.98 Å². The van der Waals surface area contributed by atoms with Gasteiger partial charge in [0.05, 0.1) is 45.4 Å². The largest absolute Gasteiger partial charge is 0.543 e. The number of aromatic nitrogens is 1. The Labute approximate surface area is 107 Å². The van der Waals surface area contributed by atoms with Crippen molar-refractivity contribution in [2.75, 3.05) is 28.2 Å². The van der Waals surface area contributed by atoms with Crippen molar-refractivity contribution in [2.24, 2.45) is 0 Å². The van der Waals surface area contributed by atoms with Crippen LogP contribution >= 0.6 is 0 Å². The fourth-order valence-corrected chi connectivity index (χ4v) is 1.18. The molecule has 0 saturated heterocycles. The van der Waals surface area contributed by atoms with Crippen molar-refractivity contribution >= 4 is 16.9 Å². The molecule has 1 heterocycles. The van der Waals surface area contributed by atoms with Crippen LogP contribution in [0.5, 0.6) is 0 Å². The van der Waals surface area contributed by atoms with Crippen LogP contribution in [-0.2, 0) is 0 Å². The first kappa shape index (κ1) is 14.1. The lowest BCUT2D eigenvalue weighted by Crippen LogP contribution is -2.27. The average molecular weight is 246 g/mol. The molecule has 0 fully saturated rings. The first-order valence-corrected chi connectivity index (χ1v) is 5.63. The second-order valence-corrected chi connectivity index (χ2v) is 5.36. The van der Waals surface area contributed by atoms with Crippen molar-refractivity contribution in [3.8, 4) is 0 Å². The molecule has 2 aromatic rings. The standard InChI is InChI=1S/C10H7NO2.C4H12N/c12-10(13)9-6-5-7-3-1-2-4-8(7)11-9;1-5(2,3)4/h1-6H,(H,12,13);1-4H3/q;+1/p-1. The van der Waals surface area contributed by atoms with Crippen LogP contribution in [0, 0.1) is 0 Å². The number of para-hydroxylation sites is 1. The molecule has 0 atom stereocenters. The number of nitrogens with zero attached hydrogens (tertiary/aromatic N) is 2. The van der Waals surface area contributed by atoms with E-state index in [1.165, 1.54) is 6.07 Å². The second-order valence-electron chi connectivity index (χ2n) is 5.36. The molecule has 0 aliphatic carbocycles. The normalized spacial score (nSPS) is 10.7. The zero-order valence-corrected chi connectivity index (χ0v) is 11.2. The summed E-state index contributed by atoms with van der Waals surface area (Å²) in [5.41, 5.74) is 0.642. The second kappa shape index (κ2) is 5.60. The maximum absolute atomic E-state index is 10.5. The average Bonchev–Trinajstić information content (AvgIpc) is 2.26. The van der Waals surface area contributed by atoms with E-state index >= 15 is 0 Å². The summed E-state index contributed by atoms with van der Waals surface area (Å²) in [6.45, 7) is 0. The van der Waals surface area contributed by atoms with Gasteiger partial charge in [0.1, 0.15) is 0 Å². The third kappa shape index (κ3) is 4.93. The highest BCUT2D eigenvalue weighted by atomic mass is 16.4. The van der Waals surface area contributed by atoms with Crippen molar-refractivity contribution in [3.05, 3.63) is 42.1 Å². The van der Waals surface area contributed by atoms with E-state index in [1.54, 1.807) is 12.1 Å². The van der Waals surface area contributed by atoms with Gasteiger partial charge in [-0.15, -0.1) is 0 Å². The van der Waals surface area contributed by atoms with E-state index < -0.39 is 5.97 Å². The Kier molecular flexibility index (Phi) is 4.39. The monoisotopic (exact) mass is 246 g/mol. The van der Waals surface area contributed by atoms with Crippen LogP contribution in [-0.4, -0.2) is 43.6 Å². The van der Waals surface area contributed by atoms with Crippen molar-refractivity contribution in [1.29, 1.82) is 0 Å². The van der Waals surface area contributed by atoms with Crippen LogP contribution in [0.1, 0.15) is 10.5 Å². The summed E-state index contributed by atoms with van der Waals surface area (Å²) in [5.74, 6) is -1.24. The Morgan fingerprint density at radius 2 is 1.61 bits per heavy atom. The van der Waals surface area contributed by atoms with Crippen molar-refractivity contribution in [2.45, 2.75) is 0 Å². The van der Waals surface area contributed by atoms with Crippen molar-refractivity contribution in [3.63, 3.8) is 0 Å². The van der Waals surface area contributed by atoms with Crippen LogP contribution in [0.3, 0.4) is 0 Å². The maximum Gasteiger partial charge on any atom is 0.0900 e. The highest BCUT2D eigenvalue weighted by Gasteiger charge is 1.96. The van der Waals surface area contributed by atoms with Gasteiger partial charge in [0.15, 0.2) is 0 Å². The molecule has 0 saturated carbocycles. The summed E-state index contributed by atoms with van der Waals surface area (Å²) in [5, 5.41) is 11.4. The summed E-state index contributed by atoms with van der Waals surface area (Å²) >= 11 is 0. The molecule has 0 spiro atoms. The smallest absolute Gasteiger partial charge is 0.0900 e. The van der Waals surface area contributed by atoms with Gasteiger partial charge in [-0.25, -0.2) is 4.98 Å². The minimum Gasteiger partial charge on any atom is -0.543 e. The first-order valence-electron chi connectivity index (χ1n) is 5.63. The molecule has 1 aromatic carbocycles. The quantitative estimate of drug-likeness (QED) is 0.703. The minimum absolute atomic E-state index is 0.0290. The number of pyridine rings is 1. The van der Waals surface area contributed by atoms with E-state index in [1.807, 2.05) is 18.2 Å². The van der Waals surface area contributed by atoms with Crippen LogP contribution in [0.2, 0.25) is 0 Å². The molecule has 0 amide bonds. The molecule has 0 aliphatic heterocycles. The lowest BCUT2D eigenvalue weighted by Gasteiger charge is -2.14. The van der Waals surface area contributed by atoms with Gasteiger partial charge in [-0.05, 0) is 12.1 Å². The Morgan fingerprint density at radius 3 is 2.17 bits per heavy atom. The molecule has 0 bridgehead atoms. The summed E-state index contributed by atoms with van der Waals surface area (Å²) in [6, 6.07) is 10.5. The molecule has 4 nitrogen and oxygen atoms in total. The first-order chi connectivity index (χ1) is 8.27. The number of carbonyl (C=O) groups is 1. The van der Waals surface area contributed by atoms with E-state index in [0.29, 0.717) is 5.52 Å². The predicted molar refractivity (Wildman–Crippen MR) is 70.0 cm³/mol. The number of benzene rings is 1. The van der Waals surface area contributed by atoms with Gasteiger partial charge in [-0.3, -0.25) is 0 Å². The van der Waals surface area contributed by atoms with Gasteiger partial charge >= 0.3 is 0 Å². The number of hydrogen-bond donors (Lipinski definition) is 0. The molecular weight excluding hydrogens is 228 g/mol. The SMILES string of the molecule is C[N+](C)(C)C.O=C([O-])c1ccc2ccccc2n1. The highest BCUT2D eigenvalue weighted by molar-refractivity contribution is 5.88. The lowest BCUT2D eigenvalue weighted by molar-refractivity contribution is -0.849. The fraction of sp³-hybridized carbons (Fsp3) is 0.286. The van der Waals surface area contributed by atoms with E-state index in [4.69, 9.17) is 0 Å². The molecule has 0 radical (unpaired) electrons. The molecular formula is C14H18N2O2. The number of carbonyl (C=O) groups excluding carboxylic acids is 1. The molecule has 96 valence electrons. The van der Waals surface area contributed by atoms with Gasteiger partial charge in [-0.2, -0.15) is 0 Å². The van der Waals surface area contributed by atoms with E-state index in [9.17, 15) is 9.90 Å². The number of aromatic carboxylic acids is 1.